The minimum absolute atomic E-state index is 0.166. The summed E-state index contributed by atoms with van der Waals surface area (Å²) >= 11 is 0. The molecule has 0 saturated carbocycles. The molecule has 0 radical (unpaired) electrons. The molecule has 0 aromatic heterocycles. The molecular formula is C25H26N2O7. The zero-order valence-corrected chi connectivity index (χ0v) is 18.8. The fourth-order valence-corrected chi connectivity index (χ4v) is 3.40. The first-order valence-electron chi connectivity index (χ1n) is 10.9. The van der Waals surface area contributed by atoms with E-state index in [1.165, 1.54) is 18.2 Å². The highest BCUT2D eigenvalue weighted by molar-refractivity contribution is 5.65. The molecule has 0 aliphatic heterocycles. The van der Waals surface area contributed by atoms with Gasteiger partial charge in [0.05, 0.1) is 30.2 Å². The van der Waals surface area contributed by atoms with E-state index in [2.05, 4.69) is 0 Å². The van der Waals surface area contributed by atoms with Crippen LogP contribution in [-0.2, 0) is 0 Å². The van der Waals surface area contributed by atoms with Gasteiger partial charge in [0.2, 0.25) is 0 Å². The number of nitrogens with zero attached hydrogens (tertiary/aromatic N) is 2. The monoisotopic (exact) mass is 466 g/mol. The van der Waals surface area contributed by atoms with Crippen LogP contribution in [-0.4, -0.2) is 30.2 Å². The summed E-state index contributed by atoms with van der Waals surface area (Å²) in [5.41, 5.74) is 1.39. The molecule has 9 heteroatoms. The number of para-hydroxylation sites is 1. The minimum atomic E-state index is -0.677. The van der Waals surface area contributed by atoms with Crippen LogP contribution in [0.5, 0.6) is 17.2 Å². The van der Waals surface area contributed by atoms with Crippen molar-refractivity contribution in [2.24, 2.45) is 0 Å². The van der Waals surface area contributed by atoms with Crippen molar-refractivity contribution in [1.29, 1.82) is 0 Å². The van der Waals surface area contributed by atoms with Gasteiger partial charge in [0.1, 0.15) is 11.5 Å². The Balaban J connectivity index is 1.36. The number of hydrogen-bond donors (Lipinski definition) is 0. The Morgan fingerprint density at radius 3 is 1.59 bits per heavy atom. The van der Waals surface area contributed by atoms with Crippen molar-refractivity contribution in [3.63, 3.8) is 0 Å². The van der Waals surface area contributed by atoms with E-state index in [9.17, 15) is 20.2 Å². The Kier molecular flexibility index (Phi) is 8.79. The number of unbranched alkanes of at least 4 members (excludes halogenated alkanes) is 3. The highest BCUT2D eigenvalue weighted by atomic mass is 16.6. The van der Waals surface area contributed by atoms with Crippen LogP contribution in [0.4, 0.5) is 11.4 Å². The molecule has 9 nitrogen and oxygen atoms in total. The van der Waals surface area contributed by atoms with E-state index in [4.69, 9.17) is 14.2 Å². The molecule has 0 fully saturated rings. The van der Waals surface area contributed by atoms with E-state index in [0.717, 1.165) is 41.9 Å². The Hall–Kier alpha value is -4.14. The minimum Gasteiger partial charge on any atom is -0.497 e. The highest BCUT2D eigenvalue weighted by Gasteiger charge is 2.26. The lowest BCUT2D eigenvalue weighted by atomic mass is 10.1. The van der Waals surface area contributed by atoms with E-state index in [-0.39, 0.29) is 12.4 Å². The van der Waals surface area contributed by atoms with Crippen molar-refractivity contribution in [3.05, 3.63) is 87.0 Å². The van der Waals surface area contributed by atoms with E-state index in [1.54, 1.807) is 7.11 Å². The van der Waals surface area contributed by atoms with Crippen molar-refractivity contribution >= 4 is 11.4 Å². The normalized spacial score (nSPS) is 10.5. The molecule has 3 rings (SSSR count). The molecule has 0 unspecified atom stereocenters. The molecule has 0 spiro atoms. The van der Waals surface area contributed by atoms with Crippen LogP contribution in [0.3, 0.4) is 0 Å². The summed E-state index contributed by atoms with van der Waals surface area (Å²) in [6, 6.07) is 19.4. The molecule has 0 heterocycles. The van der Waals surface area contributed by atoms with Gasteiger partial charge in [0, 0.05) is 12.1 Å². The van der Waals surface area contributed by atoms with Gasteiger partial charge in [-0.05, 0) is 67.1 Å². The number of nitro groups is 2. The van der Waals surface area contributed by atoms with Crippen LogP contribution in [0.25, 0.3) is 11.1 Å². The SMILES string of the molecule is COc1ccc(-c2ccc(OCCCCCCOc3c([N+](=O)[O-])cccc3[N+](=O)[O-])cc2)cc1. The molecule has 3 aromatic carbocycles. The quantitative estimate of drug-likeness (QED) is 0.167. The average molecular weight is 466 g/mol. The topological polar surface area (TPSA) is 114 Å². The van der Waals surface area contributed by atoms with Gasteiger partial charge < -0.3 is 14.2 Å². The van der Waals surface area contributed by atoms with E-state index >= 15 is 0 Å². The summed E-state index contributed by atoms with van der Waals surface area (Å²) in [7, 11) is 1.64. The summed E-state index contributed by atoms with van der Waals surface area (Å²) in [5.74, 6) is 1.32. The number of benzene rings is 3. The van der Waals surface area contributed by atoms with Crippen LogP contribution in [0, 0.1) is 20.2 Å². The number of ether oxygens (including phenoxy) is 3. The molecule has 0 bridgehead atoms. The van der Waals surface area contributed by atoms with Crippen LogP contribution >= 0.6 is 0 Å². The van der Waals surface area contributed by atoms with Gasteiger partial charge in [-0.1, -0.05) is 24.3 Å². The molecule has 0 amide bonds. The fourth-order valence-electron chi connectivity index (χ4n) is 3.40. The molecule has 0 aliphatic carbocycles. The first kappa shape index (κ1) is 24.5. The van der Waals surface area contributed by atoms with Crippen LogP contribution in [0.15, 0.2) is 66.7 Å². The maximum atomic E-state index is 11.1. The lowest BCUT2D eigenvalue weighted by molar-refractivity contribution is -0.396. The van der Waals surface area contributed by atoms with E-state index in [0.29, 0.717) is 13.0 Å². The second-order valence-electron chi connectivity index (χ2n) is 7.50. The summed E-state index contributed by atoms with van der Waals surface area (Å²) in [5, 5.41) is 22.2. The van der Waals surface area contributed by atoms with Gasteiger partial charge in [-0.15, -0.1) is 0 Å². The summed E-state index contributed by atoms with van der Waals surface area (Å²) < 4.78 is 16.4. The fraction of sp³-hybridized carbons (Fsp3) is 0.280. The average Bonchev–Trinajstić information content (AvgIpc) is 2.85. The Labute approximate surface area is 197 Å². The lowest BCUT2D eigenvalue weighted by Crippen LogP contribution is -2.04. The van der Waals surface area contributed by atoms with Crippen LogP contribution < -0.4 is 14.2 Å². The maximum absolute atomic E-state index is 11.1. The number of methoxy groups -OCH3 is 1. The Bertz CT molecular complexity index is 1070. The number of nitro benzene ring substituents is 2. The third-order valence-corrected chi connectivity index (χ3v) is 5.20. The zero-order chi connectivity index (χ0) is 24.3. The number of rotatable bonds is 13. The molecule has 3 aromatic rings. The maximum Gasteiger partial charge on any atom is 0.318 e. The van der Waals surface area contributed by atoms with E-state index in [1.807, 2.05) is 48.5 Å². The predicted molar refractivity (Wildman–Crippen MR) is 128 cm³/mol. The summed E-state index contributed by atoms with van der Waals surface area (Å²) in [6.07, 6.45) is 3.16. The van der Waals surface area contributed by atoms with Crippen LogP contribution in [0.2, 0.25) is 0 Å². The van der Waals surface area contributed by atoms with Crippen molar-refractivity contribution in [2.45, 2.75) is 25.7 Å². The van der Waals surface area contributed by atoms with Gasteiger partial charge >= 0.3 is 11.4 Å². The molecule has 34 heavy (non-hydrogen) atoms. The summed E-state index contributed by atoms with van der Waals surface area (Å²) in [4.78, 5) is 20.9. The second kappa shape index (κ2) is 12.2. The largest absolute Gasteiger partial charge is 0.497 e. The molecule has 0 aliphatic rings. The lowest BCUT2D eigenvalue weighted by Gasteiger charge is -2.09. The third-order valence-electron chi connectivity index (χ3n) is 5.20. The molecule has 0 atom stereocenters. The predicted octanol–water partition coefficient (Wildman–Crippen LogP) is 6.20. The van der Waals surface area contributed by atoms with E-state index < -0.39 is 21.2 Å². The smallest absolute Gasteiger partial charge is 0.318 e. The molecule has 178 valence electrons. The highest BCUT2D eigenvalue weighted by Crippen LogP contribution is 2.36. The first-order chi connectivity index (χ1) is 16.5. The standard InChI is InChI=1S/C25H26N2O7/c1-32-21-13-9-19(10-14-21)20-11-15-22(16-12-20)33-17-4-2-3-5-18-34-25-23(26(28)29)7-6-8-24(25)27(30)31/h6-16H,2-5,17-18H2,1H3. The number of hydrogen-bond acceptors (Lipinski definition) is 7. The van der Waals surface area contributed by atoms with Crippen molar-refractivity contribution in [2.75, 3.05) is 20.3 Å². The van der Waals surface area contributed by atoms with Gasteiger partial charge in [0.15, 0.2) is 0 Å². The summed E-state index contributed by atoms with van der Waals surface area (Å²) in [6.45, 7) is 0.734. The van der Waals surface area contributed by atoms with Gasteiger partial charge in [-0.25, -0.2) is 0 Å². The zero-order valence-electron chi connectivity index (χ0n) is 18.8. The third kappa shape index (κ3) is 6.68. The van der Waals surface area contributed by atoms with Crippen molar-refractivity contribution < 1.29 is 24.1 Å². The Morgan fingerprint density at radius 2 is 1.12 bits per heavy atom. The first-order valence-corrected chi connectivity index (χ1v) is 10.9. The van der Waals surface area contributed by atoms with Crippen molar-refractivity contribution in [3.8, 4) is 28.4 Å². The van der Waals surface area contributed by atoms with Crippen LogP contribution in [0.1, 0.15) is 25.7 Å². The van der Waals surface area contributed by atoms with Gasteiger partial charge in [0.25, 0.3) is 5.75 Å². The Morgan fingerprint density at radius 1 is 0.647 bits per heavy atom. The molecular weight excluding hydrogens is 440 g/mol. The molecule has 0 N–H and O–H groups in total. The van der Waals surface area contributed by atoms with Gasteiger partial charge in [-0.3, -0.25) is 20.2 Å². The van der Waals surface area contributed by atoms with Gasteiger partial charge in [-0.2, -0.15) is 0 Å². The van der Waals surface area contributed by atoms with Crippen molar-refractivity contribution in [1.82, 2.24) is 0 Å². The molecule has 0 saturated heterocycles. The second-order valence-corrected chi connectivity index (χ2v) is 7.50.